The van der Waals surface area contributed by atoms with Crippen LogP contribution in [0.5, 0.6) is 0 Å². The zero-order chi connectivity index (χ0) is 12.3. The van der Waals surface area contributed by atoms with E-state index >= 15 is 0 Å². The van der Waals surface area contributed by atoms with Crippen molar-refractivity contribution in [2.24, 2.45) is 0 Å². The van der Waals surface area contributed by atoms with Crippen molar-refractivity contribution in [2.45, 2.75) is 13.8 Å². The summed E-state index contributed by atoms with van der Waals surface area (Å²) in [7, 11) is 1.83. The Morgan fingerprint density at radius 2 is 1.82 bits per heavy atom. The summed E-state index contributed by atoms with van der Waals surface area (Å²) in [4.78, 5) is 8.49. The third-order valence-corrected chi connectivity index (χ3v) is 2.76. The lowest BCUT2D eigenvalue weighted by Gasteiger charge is -2.11. The molecule has 0 bridgehead atoms. The van der Waals surface area contributed by atoms with Crippen LogP contribution in [-0.2, 0) is 0 Å². The molecule has 0 atom stereocenters. The quantitative estimate of drug-likeness (QED) is 0.848. The highest BCUT2D eigenvalue weighted by atomic mass is 15.1. The Bertz CT molecular complexity index is 523. The van der Waals surface area contributed by atoms with E-state index in [9.17, 15) is 0 Å². The number of aromatic nitrogens is 2. The molecule has 0 saturated heterocycles. The van der Waals surface area contributed by atoms with E-state index in [1.807, 2.05) is 19.2 Å². The number of nitrogens with one attached hydrogen (secondary N) is 2. The Morgan fingerprint density at radius 1 is 1.06 bits per heavy atom. The topological polar surface area (TPSA) is 49.8 Å². The minimum absolute atomic E-state index is 0.741. The van der Waals surface area contributed by atoms with Gasteiger partial charge in [-0.15, -0.1) is 0 Å². The normalized spacial score (nSPS) is 10.1. The first-order valence-electron chi connectivity index (χ1n) is 5.53. The Labute approximate surface area is 101 Å². The van der Waals surface area contributed by atoms with Crippen LogP contribution in [0.25, 0.3) is 0 Å². The Morgan fingerprint density at radius 3 is 2.59 bits per heavy atom. The minimum Gasteiger partial charge on any atom is -0.372 e. The molecule has 17 heavy (non-hydrogen) atoms. The van der Waals surface area contributed by atoms with Crippen LogP contribution in [0.1, 0.15) is 11.1 Å². The summed E-state index contributed by atoms with van der Waals surface area (Å²) >= 11 is 0. The summed E-state index contributed by atoms with van der Waals surface area (Å²) in [6.07, 6.45) is 3.40. The first-order chi connectivity index (χ1) is 8.20. The second-order valence-corrected chi connectivity index (χ2v) is 3.91. The zero-order valence-electron chi connectivity index (χ0n) is 10.3. The van der Waals surface area contributed by atoms with Crippen LogP contribution >= 0.6 is 0 Å². The molecule has 0 unspecified atom stereocenters. The van der Waals surface area contributed by atoms with Crippen LogP contribution in [0.15, 0.2) is 30.6 Å². The summed E-state index contributed by atoms with van der Waals surface area (Å²) in [5, 5.41) is 6.24. The van der Waals surface area contributed by atoms with Gasteiger partial charge >= 0.3 is 0 Å². The number of nitrogens with zero attached hydrogens (tertiary/aromatic N) is 2. The molecule has 1 heterocycles. The van der Waals surface area contributed by atoms with Crippen molar-refractivity contribution in [3.63, 3.8) is 0 Å². The van der Waals surface area contributed by atoms with E-state index in [0.29, 0.717) is 0 Å². The Balaban J connectivity index is 2.28. The van der Waals surface area contributed by atoms with Gasteiger partial charge in [-0.05, 0) is 31.0 Å². The van der Waals surface area contributed by atoms with Crippen molar-refractivity contribution in [1.29, 1.82) is 0 Å². The highest BCUT2D eigenvalue weighted by Gasteiger charge is 2.02. The number of rotatable bonds is 3. The van der Waals surface area contributed by atoms with Gasteiger partial charge < -0.3 is 10.6 Å². The predicted molar refractivity (Wildman–Crippen MR) is 70.8 cm³/mol. The van der Waals surface area contributed by atoms with Crippen LogP contribution in [0, 0.1) is 13.8 Å². The molecule has 2 N–H and O–H groups in total. The van der Waals surface area contributed by atoms with Crippen LogP contribution in [0.4, 0.5) is 17.3 Å². The first-order valence-corrected chi connectivity index (χ1v) is 5.53. The lowest BCUT2D eigenvalue weighted by molar-refractivity contribution is 1.18. The second-order valence-electron chi connectivity index (χ2n) is 3.91. The van der Waals surface area contributed by atoms with E-state index in [4.69, 9.17) is 0 Å². The average molecular weight is 228 g/mol. The molecule has 1 aromatic carbocycles. The van der Waals surface area contributed by atoms with Gasteiger partial charge in [-0.1, -0.05) is 12.1 Å². The number of hydrogen-bond donors (Lipinski definition) is 2. The van der Waals surface area contributed by atoms with Gasteiger partial charge in [0.15, 0.2) is 5.82 Å². The molecule has 0 aliphatic rings. The van der Waals surface area contributed by atoms with Crippen LogP contribution in [0.2, 0.25) is 0 Å². The molecule has 4 nitrogen and oxygen atoms in total. The zero-order valence-corrected chi connectivity index (χ0v) is 10.3. The van der Waals surface area contributed by atoms with Crippen molar-refractivity contribution in [3.05, 3.63) is 41.7 Å². The number of aryl methyl sites for hydroxylation is 1. The highest BCUT2D eigenvalue weighted by Crippen LogP contribution is 2.21. The first kappa shape index (κ1) is 11.4. The van der Waals surface area contributed by atoms with E-state index in [-0.39, 0.29) is 0 Å². The molecule has 0 fully saturated rings. The van der Waals surface area contributed by atoms with E-state index in [1.54, 1.807) is 12.4 Å². The summed E-state index contributed by atoms with van der Waals surface area (Å²) in [6.45, 7) is 4.18. The average Bonchev–Trinajstić information content (AvgIpc) is 2.35. The molecule has 88 valence electrons. The fourth-order valence-electron chi connectivity index (χ4n) is 1.57. The Kier molecular flexibility index (Phi) is 3.23. The minimum atomic E-state index is 0.741. The smallest absolute Gasteiger partial charge is 0.151 e. The summed E-state index contributed by atoms with van der Waals surface area (Å²) in [6, 6.07) is 6.16. The van der Waals surface area contributed by atoms with Gasteiger partial charge in [-0.3, -0.25) is 4.98 Å². The molecule has 2 aromatic rings. The number of benzene rings is 1. The predicted octanol–water partition coefficient (Wildman–Crippen LogP) is 2.88. The molecule has 0 aliphatic heterocycles. The third kappa shape index (κ3) is 2.53. The van der Waals surface area contributed by atoms with Crippen molar-refractivity contribution in [2.75, 3.05) is 17.7 Å². The monoisotopic (exact) mass is 228 g/mol. The fourth-order valence-corrected chi connectivity index (χ4v) is 1.57. The molecule has 0 spiro atoms. The van der Waals surface area contributed by atoms with Gasteiger partial charge in [0.1, 0.15) is 5.82 Å². The van der Waals surface area contributed by atoms with Crippen molar-refractivity contribution >= 4 is 17.3 Å². The fraction of sp³-hybridized carbons (Fsp3) is 0.231. The largest absolute Gasteiger partial charge is 0.372 e. The molecule has 0 saturated carbocycles. The second kappa shape index (κ2) is 4.82. The molecule has 0 aliphatic carbocycles. The maximum absolute atomic E-state index is 4.37. The van der Waals surface area contributed by atoms with Gasteiger partial charge in [-0.2, -0.15) is 0 Å². The molecular formula is C13H16N4. The van der Waals surface area contributed by atoms with Gasteiger partial charge in [-0.25, -0.2) is 4.98 Å². The van der Waals surface area contributed by atoms with E-state index in [2.05, 4.69) is 40.5 Å². The summed E-state index contributed by atoms with van der Waals surface area (Å²) < 4.78 is 0. The SMILES string of the molecule is CNc1cncc(Nc2cccc(C)c2C)n1. The highest BCUT2D eigenvalue weighted by molar-refractivity contribution is 5.62. The number of hydrogen-bond acceptors (Lipinski definition) is 4. The summed E-state index contributed by atoms with van der Waals surface area (Å²) in [5.41, 5.74) is 3.55. The van der Waals surface area contributed by atoms with Gasteiger partial charge in [0.05, 0.1) is 12.4 Å². The van der Waals surface area contributed by atoms with Crippen molar-refractivity contribution in [3.8, 4) is 0 Å². The molecule has 4 heteroatoms. The standard InChI is InChI=1S/C13H16N4/c1-9-5-4-6-11(10(9)2)16-13-8-15-7-12(14-3)17-13/h4-8H,1-3H3,(H2,14,16,17). The third-order valence-electron chi connectivity index (χ3n) is 2.76. The van der Waals surface area contributed by atoms with E-state index in [1.165, 1.54) is 11.1 Å². The van der Waals surface area contributed by atoms with Gasteiger partial charge in [0.2, 0.25) is 0 Å². The van der Waals surface area contributed by atoms with Gasteiger partial charge in [0, 0.05) is 12.7 Å². The van der Waals surface area contributed by atoms with Crippen LogP contribution in [-0.4, -0.2) is 17.0 Å². The maximum atomic E-state index is 4.37. The molecule has 1 aromatic heterocycles. The van der Waals surface area contributed by atoms with Gasteiger partial charge in [0.25, 0.3) is 0 Å². The molecule has 2 rings (SSSR count). The maximum Gasteiger partial charge on any atom is 0.151 e. The lowest BCUT2D eigenvalue weighted by atomic mass is 10.1. The summed E-state index contributed by atoms with van der Waals surface area (Å²) in [5.74, 6) is 1.49. The van der Waals surface area contributed by atoms with Crippen LogP contribution in [0.3, 0.4) is 0 Å². The van der Waals surface area contributed by atoms with Crippen LogP contribution < -0.4 is 10.6 Å². The van der Waals surface area contributed by atoms with E-state index in [0.717, 1.165) is 17.3 Å². The molecule has 0 radical (unpaired) electrons. The number of anilines is 3. The van der Waals surface area contributed by atoms with E-state index < -0.39 is 0 Å². The molecule has 0 amide bonds. The molecular weight excluding hydrogens is 212 g/mol. The van der Waals surface area contributed by atoms with Crippen molar-refractivity contribution < 1.29 is 0 Å². The Hall–Kier alpha value is -2.10. The lowest BCUT2D eigenvalue weighted by Crippen LogP contribution is -2.00. The van der Waals surface area contributed by atoms with Crippen molar-refractivity contribution in [1.82, 2.24) is 9.97 Å².